The number of aryl methyl sites for hydroxylation is 6. The predicted octanol–water partition coefficient (Wildman–Crippen LogP) is 5.64. The summed E-state index contributed by atoms with van der Waals surface area (Å²) in [6, 6.07) is 4.66. The molecule has 0 bridgehead atoms. The van der Waals surface area contributed by atoms with E-state index in [4.69, 9.17) is 0 Å². The standard InChI is InChI=1S/C26H42N2/c1-23-17-25(21-27(3)19-23)15-13-11-9-7-5-6-8-10-12-14-16-26-18-24(2)20-28(4)22-26/h17-22H,5-16H2,1-4H3/q+2. The molecule has 2 aromatic heterocycles. The van der Waals surface area contributed by atoms with Crippen LogP contribution in [0.3, 0.4) is 0 Å². The molecule has 0 spiro atoms. The summed E-state index contributed by atoms with van der Waals surface area (Å²) >= 11 is 0. The van der Waals surface area contributed by atoms with Gasteiger partial charge in [0.05, 0.1) is 0 Å². The molecule has 0 aliphatic heterocycles. The molecule has 2 nitrogen and oxygen atoms in total. The van der Waals surface area contributed by atoms with E-state index in [-0.39, 0.29) is 0 Å². The largest absolute Gasteiger partial charge is 0.207 e. The Morgan fingerprint density at radius 2 is 0.821 bits per heavy atom. The Labute approximate surface area is 173 Å². The number of nitrogens with zero attached hydrogens (tertiary/aromatic N) is 2. The van der Waals surface area contributed by atoms with Gasteiger partial charge in [0.1, 0.15) is 14.1 Å². The van der Waals surface area contributed by atoms with Crippen LogP contribution in [0, 0.1) is 13.8 Å². The number of hydrogen-bond acceptors (Lipinski definition) is 0. The molecule has 154 valence electrons. The molecular weight excluding hydrogens is 340 g/mol. The quantitative estimate of drug-likeness (QED) is 0.313. The van der Waals surface area contributed by atoms with Gasteiger partial charge in [-0.3, -0.25) is 0 Å². The van der Waals surface area contributed by atoms with E-state index in [0.29, 0.717) is 0 Å². The summed E-state index contributed by atoms with van der Waals surface area (Å²) in [4.78, 5) is 0. The number of rotatable bonds is 13. The highest BCUT2D eigenvalue weighted by molar-refractivity contribution is 5.14. The Morgan fingerprint density at radius 1 is 0.500 bits per heavy atom. The highest BCUT2D eigenvalue weighted by Crippen LogP contribution is 2.13. The molecule has 0 N–H and O–H groups in total. The summed E-state index contributed by atoms with van der Waals surface area (Å²) in [6.45, 7) is 4.37. The van der Waals surface area contributed by atoms with Gasteiger partial charge in [-0.15, -0.1) is 0 Å². The van der Waals surface area contributed by atoms with E-state index in [1.165, 1.54) is 99.3 Å². The van der Waals surface area contributed by atoms with Gasteiger partial charge in [-0.2, -0.15) is 0 Å². The number of aromatic nitrogens is 2. The first-order valence-corrected chi connectivity index (χ1v) is 11.4. The van der Waals surface area contributed by atoms with E-state index in [0.717, 1.165) is 0 Å². The molecule has 0 atom stereocenters. The minimum absolute atomic E-state index is 1.23. The molecule has 2 heterocycles. The smallest absolute Gasteiger partial charge is 0.171 e. The van der Waals surface area contributed by atoms with Gasteiger partial charge in [-0.05, 0) is 51.7 Å². The van der Waals surface area contributed by atoms with Crippen molar-refractivity contribution >= 4 is 0 Å². The lowest BCUT2D eigenvalue weighted by atomic mass is 10.0. The Hall–Kier alpha value is -1.70. The molecule has 0 aromatic carbocycles. The second-order valence-corrected chi connectivity index (χ2v) is 8.81. The van der Waals surface area contributed by atoms with E-state index in [2.05, 4.69) is 74.0 Å². The highest BCUT2D eigenvalue weighted by atomic mass is 14.9. The maximum atomic E-state index is 2.33. The van der Waals surface area contributed by atoms with Gasteiger partial charge in [0.2, 0.25) is 0 Å². The summed E-state index contributed by atoms with van der Waals surface area (Å²) in [5.41, 5.74) is 5.71. The van der Waals surface area contributed by atoms with Crippen LogP contribution in [0.5, 0.6) is 0 Å². The first-order chi connectivity index (χ1) is 13.5. The number of pyridine rings is 2. The molecule has 0 fully saturated rings. The van der Waals surface area contributed by atoms with Gasteiger partial charge in [0.25, 0.3) is 0 Å². The van der Waals surface area contributed by atoms with Crippen molar-refractivity contribution < 1.29 is 9.13 Å². The summed E-state index contributed by atoms with van der Waals surface area (Å²) in [6.07, 6.45) is 25.3. The van der Waals surface area contributed by atoms with Crippen LogP contribution in [0.15, 0.2) is 36.9 Å². The lowest BCUT2D eigenvalue weighted by Gasteiger charge is -2.04. The molecule has 0 aliphatic carbocycles. The van der Waals surface area contributed by atoms with Gasteiger partial charge in [-0.25, -0.2) is 9.13 Å². The van der Waals surface area contributed by atoms with Crippen LogP contribution >= 0.6 is 0 Å². The monoisotopic (exact) mass is 382 g/mol. The van der Waals surface area contributed by atoms with Gasteiger partial charge < -0.3 is 0 Å². The summed E-state index contributed by atoms with van der Waals surface area (Å²) in [7, 11) is 4.25. The van der Waals surface area contributed by atoms with Crippen molar-refractivity contribution in [2.24, 2.45) is 14.1 Å². The minimum Gasteiger partial charge on any atom is -0.207 e. The fourth-order valence-corrected chi connectivity index (χ4v) is 4.32. The average Bonchev–Trinajstić information content (AvgIpc) is 2.61. The highest BCUT2D eigenvalue weighted by Gasteiger charge is 2.03. The molecule has 2 aromatic rings. The van der Waals surface area contributed by atoms with E-state index in [1.54, 1.807) is 0 Å². The molecule has 0 aliphatic rings. The average molecular weight is 383 g/mol. The second kappa shape index (κ2) is 12.7. The Morgan fingerprint density at radius 3 is 1.14 bits per heavy atom. The normalized spacial score (nSPS) is 11.1. The maximum Gasteiger partial charge on any atom is 0.171 e. The van der Waals surface area contributed by atoms with Crippen molar-refractivity contribution in [1.82, 2.24) is 0 Å². The fourth-order valence-electron chi connectivity index (χ4n) is 4.32. The third kappa shape index (κ3) is 9.48. The minimum atomic E-state index is 1.23. The van der Waals surface area contributed by atoms with E-state index < -0.39 is 0 Å². The Balaban J connectivity index is 1.40. The van der Waals surface area contributed by atoms with Crippen LogP contribution in [0.2, 0.25) is 0 Å². The van der Waals surface area contributed by atoms with Crippen LogP contribution in [-0.4, -0.2) is 0 Å². The summed E-state index contributed by atoms with van der Waals surface area (Å²) in [5.74, 6) is 0. The first-order valence-electron chi connectivity index (χ1n) is 11.4. The van der Waals surface area contributed by atoms with Gasteiger partial charge in [-0.1, -0.05) is 51.4 Å². The van der Waals surface area contributed by atoms with Crippen LogP contribution in [-0.2, 0) is 26.9 Å². The van der Waals surface area contributed by atoms with E-state index >= 15 is 0 Å². The first kappa shape index (κ1) is 22.6. The van der Waals surface area contributed by atoms with E-state index in [9.17, 15) is 0 Å². The van der Waals surface area contributed by atoms with Crippen LogP contribution < -0.4 is 9.13 Å². The van der Waals surface area contributed by atoms with Crippen molar-refractivity contribution in [1.29, 1.82) is 0 Å². The van der Waals surface area contributed by atoms with Crippen molar-refractivity contribution in [3.63, 3.8) is 0 Å². The molecule has 28 heavy (non-hydrogen) atoms. The van der Waals surface area contributed by atoms with Crippen LogP contribution in [0.25, 0.3) is 0 Å². The molecule has 0 radical (unpaired) electrons. The molecule has 0 saturated carbocycles. The Bertz CT molecular complexity index is 604. The predicted molar refractivity (Wildman–Crippen MR) is 118 cm³/mol. The zero-order chi connectivity index (χ0) is 20.2. The fraction of sp³-hybridized carbons (Fsp3) is 0.615. The number of unbranched alkanes of at least 4 members (excludes halogenated alkanes) is 9. The maximum absolute atomic E-state index is 2.33. The van der Waals surface area contributed by atoms with Crippen molar-refractivity contribution in [2.75, 3.05) is 0 Å². The van der Waals surface area contributed by atoms with Gasteiger partial charge in [0.15, 0.2) is 24.8 Å². The van der Waals surface area contributed by atoms with Crippen molar-refractivity contribution in [3.8, 4) is 0 Å². The molecule has 0 amide bonds. The third-order valence-electron chi connectivity index (χ3n) is 5.56. The lowest BCUT2D eigenvalue weighted by molar-refractivity contribution is -0.672. The van der Waals surface area contributed by atoms with Crippen LogP contribution in [0.4, 0.5) is 0 Å². The van der Waals surface area contributed by atoms with Gasteiger partial charge >= 0.3 is 0 Å². The second-order valence-electron chi connectivity index (χ2n) is 8.81. The van der Waals surface area contributed by atoms with E-state index in [1.807, 2.05) is 0 Å². The summed E-state index contributed by atoms with van der Waals surface area (Å²) in [5, 5.41) is 0. The SMILES string of the molecule is Cc1cc(CCCCCCCCCCCCc2cc(C)c[n+](C)c2)c[n+](C)c1. The molecule has 0 saturated heterocycles. The summed E-state index contributed by atoms with van der Waals surface area (Å²) < 4.78 is 4.37. The lowest BCUT2D eigenvalue weighted by Crippen LogP contribution is -2.27. The molecule has 2 rings (SSSR count). The number of hydrogen-bond donors (Lipinski definition) is 0. The third-order valence-corrected chi connectivity index (χ3v) is 5.56. The molecule has 0 unspecified atom stereocenters. The van der Waals surface area contributed by atoms with Crippen molar-refractivity contribution in [2.45, 2.75) is 90.9 Å². The van der Waals surface area contributed by atoms with Crippen LogP contribution in [0.1, 0.15) is 86.5 Å². The Kier molecular flexibility index (Phi) is 10.2. The molecule has 2 heteroatoms. The molecular formula is C26H42N2+2. The topological polar surface area (TPSA) is 7.76 Å². The zero-order valence-corrected chi connectivity index (χ0v) is 18.8. The van der Waals surface area contributed by atoms with Crippen molar-refractivity contribution in [3.05, 3.63) is 59.2 Å². The zero-order valence-electron chi connectivity index (χ0n) is 18.8. The van der Waals surface area contributed by atoms with Gasteiger partial charge in [0, 0.05) is 22.3 Å².